The maximum absolute atomic E-state index is 8.21. The van der Waals surface area contributed by atoms with Crippen LogP contribution >= 0.6 is 0 Å². The number of nitrogens with one attached hydrogen (secondary N) is 1. The fraction of sp³-hybridized carbons (Fsp3) is 0.350. The quantitative estimate of drug-likeness (QED) is 0.790. The molecule has 1 fully saturated rings. The van der Waals surface area contributed by atoms with E-state index in [1.807, 2.05) is 12.1 Å². The summed E-state index contributed by atoms with van der Waals surface area (Å²) >= 11 is 0. The number of fused-ring (bicyclic) bond motifs is 1. The summed E-state index contributed by atoms with van der Waals surface area (Å²) in [4.78, 5) is 4.54. The first-order chi connectivity index (χ1) is 12.2. The summed E-state index contributed by atoms with van der Waals surface area (Å²) in [7, 11) is 2.05. The molecule has 4 nitrogen and oxygen atoms in total. The number of ether oxygens (including phenoxy) is 1. The normalized spacial score (nSPS) is 19.4. The zero-order chi connectivity index (χ0) is 17.2. The molecule has 1 atom stereocenters. The van der Waals surface area contributed by atoms with Gasteiger partial charge in [0.1, 0.15) is 13.8 Å². The molecule has 1 unspecified atom stereocenters. The molecule has 1 N–H and O–H groups in total. The van der Waals surface area contributed by atoms with Gasteiger partial charge in [-0.05, 0) is 49.2 Å². The minimum absolute atomic E-state index is 0.0254. The average molecular weight is 322 g/mol. The van der Waals surface area contributed by atoms with Crippen LogP contribution in [0.2, 0.25) is 1.41 Å². The summed E-state index contributed by atoms with van der Waals surface area (Å²) < 4.78 is 16.5. The monoisotopic (exact) mass is 322 g/mol. The Kier molecular flexibility index (Phi) is 3.90. The Hall–Kier alpha value is -2.33. The average Bonchev–Trinajstić information content (AvgIpc) is 3.03. The SMILES string of the molecule is [2H]N1CCCCC1c1ncccc1OCc1cccc2c1ccn2C. The third-order valence-corrected chi connectivity index (χ3v) is 4.75. The first-order valence-electron chi connectivity index (χ1n) is 9.05. The molecule has 1 aliphatic rings. The molecule has 4 heteroatoms. The van der Waals surface area contributed by atoms with Crippen molar-refractivity contribution >= 4 is 10.9 Å². The van der Waals surface area contributed by atoms with Crippen LogP contribution in [-0.4, -0.2) is 16.1 Å². The van der Waals surface area contributed by atoms with E-state index in [1.165, 1.54) is 16.5 Å². The number of piperidine rings is 1. The van der Waals surface area contributed by atoms with Gasteiger partial charge in [0.2, 0.25) is 0 Å². The lowest BCUT2D eigenvalue weighted by atomic mass is 10.0. The lowest BCUT2D eigenvalue weighted by Gasteiger charge is -2.24. The van der Waals surface area contributed by atoms with Gasteiger partial charge in [0.15, 0.2) is 0 Å². The van der Waals surface area contributed by atoms with E-state index in [4.69, 9.17) is 6.15 Å². The van der Waals surface area contributed by atoms with Crippen LogP contribution in [-0.2, 0) is 13.7 Å². The highest BCUT2D eigenvalue weighted by Gasteiger charge is 2.20. The first-order valence-corrected chi connectivity index (χ1v) is 8.60. The molecule has 0 aliphatic carbocycles. The second-order valence-corrected chi connectivity index (χ2v) is 6.37. The van der Waals surface area contributed by atoms with Crippen molar-refractivity contribution in [2.75, 3.05) is 6.54 Å². The first kappa shape index (κ1) is 14.1. The van der Waals surface area contributed by atoms with Crippen LogP contribution in [0.15, 0.2) is 48.8 Å². The van der Waals surface area contributed by atoms with Crippen molar-refractivity contribution in [2.24, 2.45) is 7.05 Å². The highest BCUT2D eigenvalue weighted by molar-refractivity contribution is 5.83. The van der Waals surface area contributed by atoms with E-state index in [0.29, 0.717) is 6.61 Å². The van der Waals surface area contributed by atoms with Gasteiger partial charge in [-0.1, -0.05) is 18.6 Å². The molecule has 0 bridgehead atoms. The molecule has 124 valence electrons. The zero-order valence-corrected chi connectivity index (χ0v) is 14.0. The minimum atomic E-state index is 0.0254. The van der Waals surface area contributed by atoms with E-state index in [-0.39, 0.29) is 6.04 Å². The predicted molar refractivity (Wildman–Crippen MR) is 96.1 cm³/mol. The fourth-order valence-corrected chi connectivity index (χ4v) is 3.43. The van der Waals surface area contributed by atoms with Gasteiger partial charge in [-0.15, -0.1) is 0 Å². The van der Waals surface area contributed by atoms with Crippen LogP contribution in [0.4, 0.5) is 0 Å². The number of rotatable bonds is 4. The Balaban J connectivity index is 1.59. The molecule has 0 radical (unpaired) electrons. The van der Waals surface area contributed by atoms with Gasteiger partial charge in [0.25, 0.3) is 0 Å². The summed E-state index contributed by atoms with van der Waals surface area (Å²) in [5, 5.41) is 2.87. The van der Waals surface area contributed by atoms with Gasteiger partial charge < -0.3 is 14.6 Å². The van der Waals surface area contributed by atoms with Crippen molar-refractivity contribution in [1.82, 2.24) is 14.9 Å². The molecule has 0 spiro atoms. The van der Waals surface area contributed by atoms with Crippen molar-refractivity contribution in [2.45, 2.75) is 31.9 Å². The summed E-state index contributed by atoms with van der Waals surface area (Å²) in [6, 6.07) is 12.3. The van der Waals surface area contributed by atoms with Gasteiger partial charge in [-0.25, -0.2) is 0 Å². The summed E-state index contributed by atoms with van der Waals surface area (Å²) in [5.74, 6) is 0.791. The number of nitrogens with zero attached hydrogens (tertiary/aromatic N) is 2. The number of pyridine rings is 1. The Morgan fingerprint density at radius 3 is 3.17 bits per heavy atom. The molecule has 0 amide bonds. The van der Waals surface area contributed by atoms with Crippen LogP contribution in [0.5, 0.6) is 5.75 Å². The van der Waals surface area contributed by atoms with Gasteiger partial charge in [0.05, 0.1) is 11.7 Å². The summed E-state index contributed by atoms with van der Waals surface area (Å²) in [6.07, 6.45) is 7.05. The topological polar surface area (TPSA) is 39.1 Å². The van der Waals surface area contributed by atoms with Crippen molar-refractivity contribution in [1.29, 1.82) is 0 Å². The fourth-order valence-electron chi connectivity index (χ4n) is 3.43. The van der Waals surface area contributed by atoms with E-state index >= 15 is 0 Å². The highest BCUT2D eigenvalue weighted by atomic mass is 16.5. The zero-order valence-electron chi connectivity index (χ0n) is 15.0. The van der Waals surface area contributed by atoms with Crippen molar-refractivity contribution in [3.05, 3.63) is 60.0 Å². The van der Waals surface area contributed by atoms with Gasteiger partial charge in [-0.2, -0.15) is 0 Å². The van der Waals surface area contributed by atoms with Gasteiger partial charge in [-0.3, -0.25) is 4.98 Å². The second kappa shape index (κ2) is 6.65. The number of aromatic nitrogens is 2. The van der Waals surface area contributed by atoms with Crippen LogP contribution in [0, 0.1) is 0 Å². The smallest absolute Gasteiger partial charge is 0.142 e. The molecule has 4 rings (SSSR count). The molecule has 0 saturated carbocycles. The Morgan fingerprint density at radius 2 is 2.25 bits per heavy atom. The molecule has 1 saturated heterocycles. The maximum Gasteiger partial charge on any atom is 0.142 e. The second-order valence-electron chi connectivity index (χ2n) is 6.37. The molecule has 1 aliphatic heterocycles. The van der Waals surface area contributed by atoms with Crippen LogP contribution in [0.1, 0.15) is 36.6 Å². The van der Waals surface area contributed by atoms with E-state index in [0.717, 1.165) is 37.3 Å². The van der Waals surface area contributed by atoms with Crippen LogP contribution in [0.3, 0.4) is 0 Å². The lowest BCUT2D eigenvalue weighted by molar-refractivity contribution is 0.292. The third-order valence-electron chi connectivity index (χ3n) is 4.75. The number of hydrogen-bond donors (Lipinski definition) is 1. The molecule has 24 heavy (non-hydrogen) atoms. The van der Waals surface area contributed by atoms with Crippen LogP contribution in [0.25, 0.3) is 10.9 Å². The Labute approximate surface area is 143 Å². The van der Waals surface area contributed by atoms with Crippen molar-refractivity contribution in [3.8, 4) is 5.75 Å². The van der Waals surface area contributed by atoms with E-state index in [9.17, 15) is 0 Å². The van der Waals surface area contributed by atoms with Crippen LogP contribution < -0.4 is 10.0 Å². The van der Waals surface area contributed by atoms with Crippen molar-refractivity contribution < 1.29 is 6.15 Å². The predicted octanol–water partition coefficient (Wildman–Crippen LogP) is 3.97. The number of aryl methyl sites for hydroxylation is 1. The molecule has 3 aromatic rings. The largest absolute Gasteiger partial charge is 0.487 e. The van der Waals surface area contributed by atoms with Gasteiger partial charge in [0, 0.05) is 30.3 Å². The summed E-state index contributed by atoms with van der Waals surface area (Å²) in [5.41, 5.74) is 3.26. The Morgan fingerprint density at radius 1 is 1.29 bits per heavy atom. The molecule has 2 aromatic heterocycles. The lowest BCUT2D eigenvalue weighted by Crippen LogP contribution is -2.27. The molecule has 3 heterocycles. The minimum Gasteiger partial charge on any atom is -0.487 e. The molecule has 1 aromatic carbocycles. The maximum atomic E-state index is 8.21. The number of hydrogen-bond acceptors (Lipinski definition) is 3. The van der Waals surface area contributed by atoms with E-state index in [2.05, 4.69) is 47.1 Å². The highest BCUT2D eigenvalue weighted by Crippen LogP contribution is 2.29. The van der Waals surface area contributed by atoms with Gasteiger partial charge >= 0.3 is 0 Å². The molecular formula is C20H23N3O. The number of benzene rings is 1. The third kappa shape index (κ3) is 2.89. The Bertz CT molecular complexity index is 876. The summed E-state index contributed by atoms with van der Waals surface area (Å²) in [6.45, 7) is 1.30. The van der Waals surface area contributed by atoms with Crippen molar-refractivity contribution in [3.63, 3.8) is 0 Å². The standard InChI is InChI=1S/C20H23N3O/c1-23-13-10-16-15(6-4-8-18(16)23)14-24-19-9-5-12-22-20(19)17-7-2-3-11-21-17/h4-6,8-10,12-13,17,21H,2-3,7,11,14H2,1H3/i/hD. The molecular weight excluding hydrogens is 298 g/mol. The van der Waals surface area contributed by atoms with E-state index in [1.54, 1.807) is 11.5 Å². The van der Waals surface area contributed by atoms with E-state index < -0.39 is 0 Å².